The molecule has 110 valence electrons. The Kier molecular flexibility index (Phi) is 3.83. The Morgan fingerprint density at radius 2 is 1.90 bits per heavy atom. The second-order valence-electron chi connectivity index (χ2n) is 5.60. The van der Waals surface area contributed by atoms with Crippen LogP contribution in [0.3, 0.4) is 0 Å². The van der Waals surface area contributed by atoms with Crippen molar-refractivity contribution in [2.45, 2.75) is 6.92 Å². The number of hydrogen-bond acceptors (Lipinski definition) is 4. The van der Waals surface area contributed by atoms with Gasteiger partial charge in [0, 0.05) is 36.6 Å². The van der Waals surface area contributed by atoms with Gasteiger partial charge in [-0.3, -0.25) is 4.79 Å². The molecule has 0 saturated carbocycles. The number of benzene rings is 1. The Balaban J connectivity index is 2.11. The lowest BCUT2D eigenvalue weighted by Crippen LogP contribution is -2.45. The number of carbonyl (C=O) groups is 1. The standard InChI is InChI=1S/C16H18ClN3O/c1-11-7-14(17)9-12-8-13(10-21)16(18-15(11)12)20-5-3-19(2)4-6-20/h7-10H,3-6H2,1-2H3. The lowest BCUT2D eigenvalue weighted by Gasteiger charge is -2.34. The number of hydrogen-bond donors (Lipinski definition) is 0. The number of aromatic nitrogens is 1. The van der Waals surface area contributed by atoms with Gasteiger partial charge in [-0.05, 0) is 37.7 Å². The maximum absolute atomic E-state index is 11.4. The van der Waals surface area contributed by atoms with Crippen LogP contribution in [0.15, 0.2) is 18.2 Å². The van der Waals surface area contributed by atoms with Crippen LogP contribution in [0.2, 0.25) is 5.02 Å². The molecule has 0 radical (unpaired) electrons. The van der Waals surface area contributed by atoms with E-state index in [9.17, 15) is 4.79 Å². The van der Waals surface area contributed by atoms with Gasteiger partial charge in [-0.1, -0.05) is 11.6 Å². The lowest BCUT2D eigenvalue weighted by molar-refractivity contribution is 0.112. The first-order valence-electron chi connectivity index (χ1n) is 7.08. The Hall–Kier alpha value is -1.65. The molecule has 0 N–H and O–H groups in total. The van der Waals surface area contributed by atoms with Crippen molar-refractivity contribution in [2.75, 3.05) is 38.1 Å². The normalized spacial score (nSPS) is 16.4. The quantitative estimate of drug-likeness (QED) is 0.799. The van der Waals surface area contributed by atoms with Crippen molar-refractivity contribution in [1.29, 1.82) is 0 Å². The van der Waals surface area contributed by atoms with Gasteiger partial charge >= 0.3 is 0 Å². The molecule has 5 heteroatoms. The summed E-state index contributed by atoms with van der Waals surface area (Å²) < 4.78 is 0. The Bertz CT molecular complexity index is 693. The Morgan fingerprint density at radius 3 is 2.57 bits per heavy atom. The number of piperazine rings is 1. The molecular formula is C16H18ClN3O. The SMILES string of the molecule is Cc1cc(Cl)cc2cc(C=O)c(N3CCN(C)CC3)nc12. The van der Waals surface area contributed by atoms with Gasteiger partial charge in [-0.2, -0.15) is 0 Å². The first-order valence-corrected chi connectivity index (χ1v) is 7.46. The molecule has 1 fully saturated rings. The molecule has 0 unspecified atom stereocenters. The number of fused-ring (bicyclic) bond motifs is 1. The number of anilines is 1. The average Bonchev–Trinajstić information content (AvgIpc) is 2.47. The van der Waals surface area contributed by atoms with Crippen LogP contribution in [-0.4, -0.2) is 49.4 Å². The number of aryl methyl sites for hydroxylation is 1. The summed E-state index contributed by atoms with van der Waals surface area (Å²) in [6.07, 6.45) is 0.885. The van der Waals surface area contributed by atoms with Crippen LogP contribution in [0.1, 0.15) is 15.9 Å². The largest absolute Gasteiger partial charge is 0.353 e. The fraction of sp³-hybridized carbons (Fsp3) is 0.375. The summed E-state index contributed by atoms with van der Waals surface area (Å²) in [5.74, 6) is 0.788. The van der Waals surface area contributed by atoms with Gasteiger partial charge in [0.05, 0.1) is 11.1 Å². The summed E-state index contributed by atoms with van der Waals surface area (Å²) in [7, 11) is 2.11. The highest BCUT2D eigenvalue weighted by atomic mass is 35.5. The number of aldehydes is 1. The highest BCUT2D eigenvalue weighted by Crippen LogP contribution is 2.27. The van der Waals surface area contributed by atoms with Gasteiger partial charge in [0.2, 0.25) is 0 Å². The number of likely N-dealkylation sites (N-methyl/N-ethyl adjacent to an activating group) is 1. The predicted octanol–water partition coefficient (Wildman–Crippen LogP) is 2.76. The van der Waals surface area contributed by atoms with E-state index in [1.54, 1.807) is 0 Å². The molecule has 0 aliphatic carbocycles. The zero-order valence-electron chi connectivity index (χ0n) is 12.3. The topological polar surface area (TPSA) is 36.4 Å². The number of rotatable bonds is 2. The van der Waals surface area contributed by atoms with Crippen molar-refractivity contribution < 1.29 is 4.79 Å². The summed E-state index contributed by atoms with van der Waals surface area (Å²) >= 11 is 6.09. The van der Waals surface area contributed by atoms with Gasteiger partial charge in [-0.25, -0.2) is 4.98 Å². The highest BCUT2D eigenvalue weighted by Gasteiger charge is 2.19. The Morgan fingerprint density at radius 1 is 1.19 bits per heavy atom. The molecule has 2 heterocycles. The van der Waals surface area contributed by atoms with Crippen molar-refractivity contribution in [3.05, 3.63) is 34.3 Å². The van der Waals surface area contributed by atoms with E-state index in [2.05, 4.69) is 16.8 Å². The fourth-order valence-electron chi connectivity index (χ4n) is 2.78. The molecular weight excluding hydrogens is 286 g/mol. The van der Waals surface area contributed by atoms with Crippen molar-refractivity contribution in [3.63, 3.8) is 0 Å². The van der Waals surface area contributed by atoms with E-state index >= 15 is 0 Å². The van der Waals surface area contributed by atoms with Crippen molar-refractivity contribution >= 4 is 34.6 Å². The third-order valence-electron chi connectivity index (χ3n) is 4.01. The first kappa shape index (κ1) is 14.3. The minimum atomic E-state index is 0.633. The van der Waals surface area contributed by atoms with Gasteiger partial charge in [-0.15, -0.1) is 0 Å². The van der Waals surface area contributed by atoms with Crippen LogP contribution in [0, 0.1) is 6.92 Å². The molecule has 1 aliphatic heterocycles. The molecule has 2 aromatic rings. The van der Waals surface area contributed by atoms with E-state index < -0.39 is 0 Å². The van der Waals surface area contributed by atoms with Crippen LogP contribution in [0.25, 0.3) is 10.9 Å². The lowest BCUT2D eigenvalue weighted by atomic mass is 10.1. The molecule has 0 amide bonds. The third-order valence-corrected chi connectivity index (χ3v) is 4.23. The van der Waals surface area contributed by atoms with E-state index in [0.717, 1.165) is 54.7 Å². The monoisotopic (exact) mass is 303 g/mol. The summed E-state index contributed by atoms with van der Waals surface area (Å²) in [5.41, 5.74) is 2.58. The van der Waals surface area contributed by atoms with E-state index in [1.165, 1.54) is 0 Å². The number of nitrogens with zero attached hydrogens (tertiary/aromatic N) is 3. The van der Waals surface area contributed by atoms with Gasteiger partial charge < -0.3 is 9.80 Å². The second-order valence-corrected chi connectivity index (χ2v) is 6.04. The summed E-state index contributed by atoms with van der Waals surface area (Å²) in [4.78, 5) is 20.7. The maximum Gasteiger partial charge on any atom is 0.153 e. The van der Waals surface area contributed by atoms with E-state index in [0.29, 0.717) is 10.6 Å². The smallest absolute Gasteiger partial charge is 0.153 e. The van der Waals surface area contributed by atoms with E-state index in [4.69, 9.17) is 16.6 Å². The summed E-state index contributed by atoms with van der Waals surface area (Å²) in [6, 6.07) is 5.66. The molecule has 1 saturated heterocycles. The number of carbonyl (C=O) groups excluding carboxylic acids is 1. The van der Waals surface area contributed by atoms with Crippen LogP contribution >= 0.6 is 11.6 Å². The third kappa shape index (κ3) is 2.74. The van der Waals surface area contributed by atoms with Crippen LogP contribution in [0.4, 0.5) is 5.82 Å². The minimum absolute atomic E-state index is 0.633. The molecule has 21 heavy (non-hydrogen) atoms. The number of pyridine rings is 1. The van der Waals surface area contributed by atoms with Crippen LogP contribution in [0.5, 0.6) is 0 Å². The fourth-order valence-corrected chi connectivity index (χ4v) is 3.07. The second kappa shape index (κ2) is 5.62. The van der Waals surface area contributed by atoms with Crippen molar-refractivity contribution in [3.8, 4) is 0 Å². The average molecular weight is 304 g/mol. The molecule has 1 aliphatic rings. The summed E-state index contributed by atoms with van der Waals surface area (Å²) in [5, 5.41) is 1.59. The Labute approximate surface area is 129 Å². The molecule has 0 spiro atoms. The summed E-state index contributed by atoms with van der Waals surface area (Å²) in [6.45, 7) is 5.75. The molecule has 0 bridgehead atoms. The van der Waals surface area contributed by atoms with Crippen molar-refractivity contribution in [1.82, 2.24) is 9.88 Å². The molecule has 4 nitrogen and oxygen atoms in total. The molecule has 1 aromatic carbocycles. The number of halogens is 1. The van der Waals surface area contributed by atoms with Gasteiger partial charge in [0.15, 0.2) is 6.29 Å². The maximum atomic E-state index is 11.4. The molecule has 3 rings (SSSR count). The van der Waals surface area contributed by atoms with Crippen LogP contribution in [-0.2, 0) is 0 Å². The zero-order chi connectivity index (χ0) is 15.0. The minimum Gasteiger partial charge on any atom is -0.353 e. The van der Waals surface area contributed by atoms with Crippen molar-refractivity contribution in [2.24, 2.45) is 0 Å². The van der Waals surface area contributed by atoms with Gasteiger partial charge in [0.1, 0.15) is 5.82 Å². The van der Waals surface area contributed by atoms with E-state index in [-0.39, 0.29) is 0 Å². The van der Waals surface area contributed by atoms with Gasteiger partial charge in [0.25, 0.3) is 0 Å². The molecule has 0 atom stereocenters. The highest BCUT2D eigenvalue weighted by molar-refractivity contribution is 6.31. The van der Waals surface area contributed by atoms with E-state index in [1.807, 2.05) is 25.1 Å². The molecule has 1 aromatic heterocycles. The first-order chi connectivity index (χ1) is 10.1. The zero-order valence-corrected chi connectivity index (χ0v) is 13.0. The van der Waals surface area contributed by atoms with Crippen LogP contribution < -0.4 is 4.90 Å². The predicted molar refractivity (Wildman–Crippen MR) is 86.6 cm³/mol.